The van der Waals surface area contributed by atoms with E-state index in [-0.39, 0.29) is 40.5 Å². The number of nitrogens with two attached hydrogens (primary N) is 2. The molecule has 0 saturated heterocycles. The van der Waals surface area contributed by atoms with Gasteiger partial charge >= 0.3 is 0 Å². The van der Waals surface area contributed by atoms with Gasteiger partial charge in [0.15, 0.2) is 5.65 Å². The van der Waals surface area contributed by atoms with Crippen LogP contribution in [0.15, 0.2) is 42.4 Å². The second-order valence-corrected chi connectivity index (χ2v) is 2.66. The molecule has 1 aromatic heterocycles. The maximum atomic E-state index is 8.00. The van der Waals surface area contributed by atoms with Crippen LogP contribution in [0.5, 0.6) is 0 Å². The highest BCUT2D eigenvalue weighted by Gasteiger charge is 2.02. The van der Waals surface area contributed by atoms with Crippen molar-refractivity contribution in [1.82, 2.24) is 4.98 Å². The van der Waals surface area contributed by atoms with Crippen molar-refractivity contribution in [2.24, 2.45) is 0 Å². The van der Waals surface area contributed by atoms with Crippen molar-refractivity contribution >= 4 is 11.6 Å². The lowest BCUT2D eigenvalue weighted by molar-refractivity contribution is 1.34. The van der Waals surface area contributed by atoms with E-state index < -0.39 is 11.9 Å². The van der Waals surface area contributed by atoms with Gasteiger partial charge in [-0.05, 0) is 17.6 Å². The molecule has 0 aliphatic heterocycles. The van der Waals surface area contributed by atoms with E-state index in [1.165, 1.54) is 12.1 Å². The number of anilines is 2. The fraction of sp³-hybridized carbons (Fsp3) is 0. The van der Waals surface area contributed by atoms with Crippen molar-refractivity contribution in [3.05, 3.63) is 42.4 Å². The molecule has 0 bridgehead atoms. The maximum absolute atomic E-state index is 8.00. The predicted molar refractivity (Wildman–Crippen MR) is 58.5 cm³/mol. The summed E-state index contributed by atoms with van der Waals surface area (Å²) >= 11 is 0. The van der Waals surface area contributed by atoms with Crippen molar-refractivity contribution < 1.29 is 9.76 Å². The molecule has 0 saturated carbocycles. The molecule has 0 spiro atoms. The van der Waals surface area contributed by atoms with Gasteiger partial charge in [-0.25, -0.2) is 4.98 Å². The standard InChI is InChI=1S/C11H11N3/c12-10-7-6-9(11(13)14-10)8-4-2-1-3-5-8/h1-7H,(H4,12,13,14)/i4D,6D,7D/hD4. The molecule has 14 heavy (non-hydrogen) atoms. The zero-order valence-corrected chi connectivity index (χ0v) is 7.15. The van der Waals surface area contributed by atoms with Crippen LogP contribution in [0.4, 0.5) is 11.6 Å². The zero-order valence-electron chi connectivity index (χ0n) is 14.2. The molecule has 0 unspecified atom stereocenters. The van der Waals surface area contributed by atoms with Crippen LogP contribution >= 0.6 is 0 Å². The predicted octanol–water partition coefficient (Wildman–Crippen LogP) is 1.91. The number of hydrogen-bond donors (Lipinski definition) is 2. The number of benzene rings is 1. The highest BCUT2D eigenvalue weighted by molar-refractivity contribution is 5.74. The first-order valence-corrected chi connectivity index (χ1v) is 3.97. The van der Waals surface area contributed by atoms with E-state index in [0.29, 0.717) is 0 Å². The van der Waals surface area contributed by atoms with Gasteiger partial charge in [0.05, 0.1) is 4.11 Å². The number of aromatic nitrogens is 1. The van der Waals surface area contributed by atoms with Crippen LogP contribution in [0.25, 0.3) is 11.1 Å². The Balaban J connectivity index is 2.82. The van der Waals surface area contributed by atoms with Crippen molar-refractivity contribution in [3.63, 3.8) is 0 Å². The summed E-state index contributed by atoms with van der Waals surface area (Å²) in [6.07, 6.45) is 0. The number of nitrogen functional groups attached to an aromatic ring is 2. The molecule has 2 rings (SSSR count). The summed E-state index contributed by atoms with van der Waals surface area (Å²) in [5.74, 6) is -0.763. The molecule has 1 aromatic carbocycles. The third-order valence-electron chi connectivity index (χ3n) is 1.71. The third-order valence-corrected chi connectivity index (χ3v) is 1.71. The van der Waals surface area contributed by atoms with E-state index in [4.69, 9.17) is 9.76 Å². The Morgan fingerprint density at radius 1 is 1.14 bits per heavy atom. The summed E-state index contributed by atoms with van der Waals surface area (Å²) in [6.45, 7) is 0. The third kappa shape index (κ3) is 1.52. The SMILES string of the molecule is [2H]c1ccccc1-c1c(N([2H])[2H])nc(N([2H])[2H])c([2H])c1[2H]. The molecular formula is C11H11N3. The first kappa shape index (κ1) is 3.61. The van der Waals surface area contributed by atoms with E-state index in [1.54, 1.807) is 12.1 Å². The van der Waals surface area contributed by atoms with Crippen molar-refractivity contribution in [2.45, 2.75) is 0 Å². The van der Waals surface area contributed by atoms with Crippen molar-refractivity contribution in [3.8, 4) is 11.1 Å². The Hall–Kier alpha value is -2.03. The summed E-state index contributed by atoms with van der Waals surface area (Å²) in [5, 5.41) is 0. The minimum atomic E-state index is -0.469. The summed E-state index contributed by atoms with van der Waals surface area (Å²) in [6, 6.07) is 5.49. The van der Waals surface area contributed by atoms with Crippen LogP contribution in [0.1, 0.15) is 4.11 Å². The molecule has 0 radical (unpaired) electrons. The molecule has 3 nitrogen and oxygen atoms in total. The first-order valence-electron chi connectivity index (χ1n) is 7.26. The lowest BCUT2D eigenvalue weighted by atomic mass is 10.1. The summed E-state index contributed by atoms with van der Waals surface area (Å²) in [7, 11) is 0. The molecule has 0 fully saturated rings. The number of hydrogen-bond acceptors (Lipinski definition) is 3. The molecule has 70 valence electrons. The number of pyridine rings is 1. The van der Waals surface area contributed by atoms with Crippen molar-refractivity contribution in [1.29, 1.82) is 0 Å². The second-order valence-electron chi connectivity index (χ2n) is 2.66. The molecule has 3 heteroatoms. The minimum absolute atomic E-state index is 0.0128. The van der Waals surface area contributed by atoms with E-state index in [1.807, 2.05) is 0 Å². The molecule has 0 aliphatic carbocycles. The summed E-state index contributed by atoms with van der Waals surface area (Å²) in [4.78, 5) is 3.76. The van der Waals surface area contributed by atoms with Gasteiger partial charge in [0.25, 0.3) is 0 Å². The monoisotopic (exact) mass is 192 g/mol. The second kappa shape index (κ2) is 3.38. The summed E-state index contributed by atoms with van der Waals surface area (Å²) < 4.78 is 52.7. The average Bonchev–Trinajstić information content (AvgIpc) is 2.42. The minimum Gasteiger partial charge on any atom is -0.384 e. The Bertz CT molecular complexity index is 675. The van der Waals surface area contributed by atoms with Crippen LogP contribution in [0, 0.1) is 0 Å². The fourth-order valence-electron chi connectivity index (χ4n) is 1.10. The normalized spacial score (nSPS) is 16.4. The molecule has 0 atom stereocenters. The Kier molecular flexibility index (Phi) is 0.871. The zero-order chi connectivity index (χ0) is 15.7. The lowest BCUT2D eigenvalue weighted by Crippen LogP contribution is -1.97. The van der Waals surface area contributed by atoms with E-state index in [0.717, 1.165) is 0 Å². The van der Waals surface area contributed by atoms with E-state index in [9.17, 15) is 0 Å². The summed E-state index contributed by atoms with van der Waals surface area (Å²) in [5.41, 5.74) is 0.452. The molecular weight excluding hydrogens is 174 g/mol. The Morgan fingerprint density at radius 2 is 2.14 bits per heavy atom. The van der Waals surface area contributed by atoms with Gasteiger partial charge in [0.1, 0.15) is 11.6 Å². The fourth-order valence-corrected chi connectivity index (χ4v) is 1.10. The maximum Gasteiger partial charge on any atom is 0.158 e. The first-order chi connectivity index (χ1) is 9.84. The van der Waals surface area contributed by atoms with Crippen LogP contribution in [0.2, 0.25) is 5.65 Å². The smallest absolute Gasteiger partial charge is 0.158 e. The van der Waals surface area contributed by atoms with Crippen molar-refractivity contribution in [2.75, 3.05) is 11.4 Å². The van der Waals surface area contributed by atoms with E-state index >= 15 is 0 Å². The van der Waals surface area contributed by atoms with Crippen LogP contribution in [-0.4, -0.2) is 4.98 Å². The number of nitrogens with zero attached hydrogens (tertiary/aromatic N) is 1. The van der Waals surface area contributed by atoms with Gasteiger partial charge < -0.3 is 11.4 Å². The number of rotatable bonds is 3. The average molecular weight is 192 g/mol. The highest BCUT2D eigenvalue weighted by Crippen LogP contribution is 2.24. The molecule has 4 N–H and O–H groups in total. The van der Waals surface area contributed by atoms with Gasteiger partial charge in [-0.15, -0.1) is 0 Å². The Morgan fingerprint density at radius 3 is 2.93 bits per heavy atom. The molecule has 0 aliphatic rings. The van der Waals surface area contributed by atoms with Gasteiger partial charge in [0.2, 0.25) is 0 Å². The van der Waals surface area contributed by atoms with Gasteiger partial charge in [-0.1, -0.05) is 30.3 Å². The quantitative estimate of drug-likeness (QED) is 0.780. The van der Waals surface area contributed by atoms with Gasteiger partial charge in [-0.3, -0.25) is 0 Å². The molecule has 0 amide bonds. The molecule has 1 heterocycles. The van der Waals surface area contributed by atoms with E-state index in [2.05, 4.69) is 4.98 Å². The topological polar surface area (TPSA) is 64.9 Å². The van der Waals surface area contributed by atoms with Gasteiger partial charge in [-0.2, -0.15) is 0 Å². The van der Waals surface area contributed by atoms with Crippen LogP contribution in [0.3, 0.4) is 0 Å². The molecule has 2 aromatic rings. The van der Waals surface area contributed by atoms with Gasteiger partial charge in [0, 0.05) is 5.56 Å². The highest BCUT2D eigenvalue weighted by atomic mass is 14.9. The van der Waals surface area contributed by atoms with Crippen LogP contribution < -0.4 is 11.4 Å². The lowest BCUT2D eigenvalue weighted by Gasteiger charge is -2.04. The Labute approximate surface area is 92.5 Å². The van der Waals surface area contributed by atoms with Crippen LogP contribution in [-0.2, 0) is 0 Å². The largest absolute Gasteiger partial charge is 0.384 e.